The van der Waals surface area contributed by atoms with E-state index in [9.17, 15) is 0 Å². The van der Waals surface area contributed by atoms with Crippen LogP contribution in [0.5, 0.6) is 0 Å². The Hall–Kier alpha value is -1.36. The summed E-state index contributed by atoms with van der Waals surface area (Å²) >= 11 is 0. The van der Waals surface area contributed by atoms with Crippen LogP contribution in [0.15, 0.2) is 6.07 Å². The SMILES string of the molecule is CCNc1cc(N(C)C2CCCCC2C)nc(COC)n1. The maximum atomic E-state index is 5.19. The topological polar surface area (TPSA) is 50.3 Å². The van der Waals surface area contributed by atoms with Crippen LogP contribution in [0.1, 0.15) is 45.4 Å². The van der Waals surface area contributed by atoms with E-state index in [4.69, 9.17) is 4.74 Å². The van der Waals surface area contributed by atoms with E-state index in [1.165, 1.54) is 25.7 Å². The molecule has 2 unspecified atom stereocenters. The van der Waals surface area contributed by atoms with Gasteiger partial charge in [0, 0.05) is 32.8 Å². The zero-order valence-corrected chi connectivity index (χ0v) is 13.7. The first-order chi connectivity index (χ1) is 10.2. The number of anilines is 2. The summed E-state index contributed by atoms with van der Waals surface area (Å²) in [4.78, 5) is 11.5. The van der Waals surface area contributed by atoms with Crippen molar-refractivity contribution in [3.8, 4) is 0 Å². The predicted molar refractivity (Wildman–Crippen MR) is 86.7 cm³/mol. The molecule has 5 heteroatoms. The molecule has 118 valence electrons. The van der Waals surface area contributed by atoms with Crippen molar-refractivity contribution >= 4 is 11.6 Å². The van der Waals surface area contributed by atoms with Gasteiger partial charge in [0.15, 0.2) is 5.82 Å². The Labute approximate surface area is 128 Å². The molecule has 2 atom stereocenters. The van der Waals surface area contributed by atoms with Gasteiger partial charge in [-0.1, -0.05) is 19.8 Å². The highest BCUT2D eigenvalue weighted by atomic mass is 16.5. The van der Waals surface area contributed by atoms with Gasteiger partial charge in [0.05, 0.1) is 0 Å². The second kappa shape index (κ2) is 7.59. The lowest BCUT2D eigenvalue weighted by molar-refractivity contribution is 0.178. The first kappa shape index (κ1) is 16.0. The van der Waals surface area contributed by atoms with E-state index in [1.54, 1.807) is 7.11 Å². The summed E-state index contributed by atoms with van der Waals surface area (Å²) in [5.41, 5.74) is 0. The van der Waals surface area contributed by atoms with Crippen LogP contribution in [0.25, 0.3) is 0 Å². The van der Waals surface area contributed by atoms with Gasteiger partial charge in [-0.25, -0.2) is 9.97 Å². The van der Waals surface area contributed by atoms with Crippen molar-refractivity contribution in [3.63, 3.8) is 0 Å². The lowest BCUT2D eigenvalue weighted by Gasteiger charge is -2.37. The molecule has 0 spiro atoms. The number of hydrogen-bond acceptors (Lipinski definition) is 5. The van der Waals surface area contributed by atoms with E-state index in [0.29, 0.717) is 18.6 Å². The monoisotopic (exact) mass is 292 g/mol. The van der Waals surface area contributed by atoms with Crippen LogP contribution in [0, 0.1) is 5.92 Å². The molecular weight excluding hydrogens is 264 g/mol. The smallest absolute Gasteiger partial charge is 0.158 e. The van der Waals surface area contributed by atoms with Gasteiger partial charge < -0.3 is 15.0 Å². The molecule has 0 aliphatic heterocycles. The minimum atomic E-state index is 0.445. The molecule has 0 radical (unpaired) electrons. The normalized spacial score (nSPS) is 22.1. The number of rotatable bonds is 6. The summed E-state index contributed by atoms with van der Waals surface area (Å²) in [6.07, 6.45) is 5.23. The Balaban J connectivity index is 2.23. The predicted octanol–water partition coefficient (Wildman–Crippen LogP) is 3.07. The molecule has 1 fully saturated rings. The quantitative estimate of drug-likeness (QED) is 0.873. The van der Waals surface area contributed by atoms with Crippen molar-refractivity contribution in [2.24, 2.45) is 5.92 Å². The number of methoxy groups -OCH3 is 1. The van der Waals surface area contributed by atoms with E-state index in [0.717, 1.165) is 24.0 Å². The van der Waals surface area contributed by atoms with E-state index >= 15 is 0 Å². The summed E-state index contributed by atoms with van der Waals surface area (Å²) in [5.74, 6) is 3.32. The average Bonchev–Trinajstić information content (AvgIpc) is 2.47. The van der Waals surface area contributed by atoms with E-state index in [2.05, 4.69) is 41.1 Å². The molecule has 2 rings (SSSR count). The third kappa shape index (κ3) is 4.06. The lowest BCUT2D eigenvalue weighted by Crippen LogP contribution is -2.39. The van der Waals surface area contributed by atoms with Crippen molar-refractivity contribution in [1.82, 2.24) is 9.97 Å². The summed E-state index contributed by atoms with van der Waals surface area (Å²) in [7, 11) is 3.83. The van der Waals surface area contributed by atoms with Crippen molar-refractivity contribution in [3.05, 3.63) is 11.9 Å². The zero-order valence-electron chi connectivity index (χ0n) is 13.7. The van der Waals surface area contributed by atoms with Crippen LogP contribution in [-0.2, 0) is 11.3 Å². The van der Waals surface area contributed by atoms with Crippen LogP contribution in [0.2, 0.25) is 0 Å². The van der Waals surface area contributed by atoms with Crippen LogP contribution in [0.3, 0.4) is 0 Å². The summed E-state index contributed by atoms with van der Waals surface area (Å²) in [6, 6.07) is 2.61. The summed E-state index contributed by atoms with van der Waals surface area (Å²) in [5, 5.41) is 3.28. The number of ether oxygens (including phenoxy) is 1. The van der Waals surface area contributed by atoms with E-state index < -0.39 is 0 Å². The number of aromatic nitrogens is 2. The fraction of sp³-hybridized carbons (Fsp3) is 0.750. The molecular formula is C16H28N4O. The van der Waals surface area contributed by atoms with Crippen molar-refractivity contribution in [2.75, 3.05) is 30.9 Å². The molecule has 1 aliphatic carbocycles. The lowest BCUT2D eigenvalue weighted by atomic mass is 9.85. The van der Waals surface area contributed by atoms with Gasteiger partial charge >= 0.3 is 0 Å². The van der Waals surface area contributed by atoms with Gasteiger partial charge in [0.25, 0.3) is 0 Å². The third-order valence-corrected chi connectivity index (χ3v) is 4.32. The van der Waals surface area contributed by atoms with Crippen LogP contribution < -0.4 is 10.2 Å². The van der Waals surface area contributed by atoms with Crippen molar-refractivity contribution in [2.45, 2.75) is 52.2 Å². The highest BCUT2D eigenvalue weighted by Crippen LogP contribution is 2.30. The summed E-state index contributed by atoms with van der Waals surface area (Å²) in [6.45, 7) is 5.72. The Kier molecular flexibility index (Phi) is 5.79. The molecule has 0 saturated heterocycles. The standard InChI is InChI=1S/C16H28N4O/c1-5-17-14-10-16(19-15(18-14)11-21-4)20(3)13-9-7-6-8-12(13)2/h10,12-13H,5-9,11H2,1-4H3,(H,17,18,19). The first-order valence-electron chi connectivity index (χ1n) is 7.99. The molecule has 1 heterocycles. The second-order valence-electron chi connectivity index (χ2n) is 5.93. The highest BCUT2D eigenvalue weighted by Gasteiger charge is 2.26. The molecule has 0 bridgehead atoms. The Morgan fingerprint density at radius 3 is 2.76 bits per heavy atom. The van der Waals surface area contributed by atoms with Gasteiger partial charge in [0.2, 0.25) is 0 Å². The van der Waals surface area contributed by atoms with Crippen LogP contribution >= 0.6 is 0 Å². The van der Waals surface area contributed by atoms with Gasteiger partial charge in [0.1, 0.15) is 18.2 Å². The molecule has 0 amide bonds. The first-order valence-corrected chi connectivity index (χ1v) is 7.99. The molecule has 1 aromatic rings. The fourth-order valence-corrected chi connectivity index (χ4v) is 3.17. The van der Waals surface area contributed by atoms with E-state index in [-0.39, 0.29) is 0 Å². The van der Waals surface area contributed by atoms with Crippen molar-refractivity contribution < 1.29 is 4.74 Å². The molecule has 21 heavy (non-hydrogen) atoms. The minimum absolute atomic E-state index is 0.445. The van der Waals surface area contributed by atoms with Gasteiger partial charge in [-0.05, 0) is 25.7 Å². The second-order valence-corrected chi connectivity index (χ2v) is 5.93. The van der Waals surface area contributed by atoms with Gasteiger partial charge in [-0.2, -0.15) is 0 Å². The highest BCUT2D eigenvalue weighted by molar-refractivity contribution is 5.49. The molecule has 5 nitrogen and oxygen atoms in total. The van der Waals surface area contributed by atoms with Gasteiger partial charge in [-0.3, -0.25) is 0 Å². The Morgan fingerprint density at radius 1 is 1.33 bits per heavy atom. The third-order valence-electron chi connectivity index (χ3n) is 4.32. The molecule has 1 aromatic heterocycles. The molecule has 1 saturated carbocycles. The Bertz CT molecular complexity index is 428. The van der Waals surface area contributed by atoms with E-state index in [1.807, 2.05) is 6.07 Å². The van der Waals surface area contributed by atoms with Crippen LogP contribution in [0.4, 0.5) is 11.6 Å². The van der Waals surface area contributed by atoms with Crippen molar-refractivity contribution in [1.29, 1.82) is 0 Å². The van der Waals surface area contributed by atoms with Gasteiger partial charge in [-0.15, -0.1) is 0 Å². The number of nitrogens with one attached hydrogen (secondary N) is 1. The maximum absolute atomic E-state index is 5.19. The number of nitrogens with zero attached hydrogens (tertiary/aromatic N) is 3. The maximum Gasteiger partial charge on any atom is 0.158 e. The largest absolute Gasteiger partial charge is 0.377 e. The number of hydrogen-bond donors (Lipinski definition) is 1. The average molecular weight is 292 g/mol. The molecule has 1 aliphatic rings. The Morgan fingerprint density at radius 2 is 2.10 bits per heavy atom. The minimum Gasteiger partial charge on any atom is -0.377 e. The molecule has 1 N–H and O–H groups in total. The van der Waals surface area contributed by atoms with Crippen LogP contribution in [-0.4, -0.2) is 36.7 Å². The summed E-state index contributed by atoms with van der Waals surface area (Å²) < 4.78 is 5.19. The zero-order chi connectivity index (χ0) is 15.2. The fourth-order valence-electron chi connectivity index (χ4n) is 3.17. The molecule has 0 aromatic carbocycles.